The second kappa shape index (κ2) is 4.64. The minimum Gasteiger partial charge on any atom is -0.478 e. The average Bonchev–Trinajstić information content (AvgIpc) is 2.57. The molecule has 94 valence electrons. The number of carboxylic acids is 1. The largest absolute Gasteiger partial charge is 0.478 e. The molecule has 0 fully saturated rings. The van der Waals surface area contributed by atoms with Crippen LogP contribution >= 0.6 is 0 Å². The molecule has 1 aromatic heterocycles. The molecule has 1 heterocycles. The Balaban J connectivity index is 2.31. The van der Waals surface area contributed by atoms with E-state index in [2.05, 4.69) is 5.10 Å². The summed E-state index contributed by atoms with van der Waals surface area (Å²) in [6, 6.07) is 6.96. The van der Waals surface area contributed by atoms with Crippen molar-refractivity contribution in [1.29, 1.82) is 0 Å². The van der Waals surface area contributed by atoms with E-state index in [0.717, 1.165) is 17.0 Å². The van der Waals surface area contributed by atoms with Crippen LogP contribution in [0.2, 0.25) is 0 Å². The van der Waals surface area contributed by atoms with Crippen molar-refractivity contribution in [2.24, 2.45) is 0 Å². The third kappa shape index (κ3) is 2.27. The Morgan fingerprint density at radius 3 is 2.61 bits per heavy atom. The molecule has 2 aromatic rings. The molecule has 4 heteroatoms. The van der Waals surface area contributed by atoms with Crippen LogP contribution in [-0.2, 0) is 6.54 Å². The summed E-state index contributed by atoms with van der Waals surface area (Å²) >= 11 is 0. The van der Waals surface area contributed by atoms with Gasteiger partial charge in [0.25, 0.3) is 0 Å². The lowest BCUT2D eigenvalue weighted by Crippen LogP contribution is -2.05. The van der Waals surface area contributed by atoms with Gasteiger partial charge in [0.2, 0.25) is 0 Å². The number of rotatable bonds is 3. The van der Waals surface area contributed by atoms with Crippen molar-refractivity contribution >= 4 is 5.97 Å². The molecule has 4 nitrogen and oxygen atoms in total. The van der Waals surface area contributed by atoms with E-state index >= 15 is 0 Å². The van der Waals surface area contributed by atoms with Crippen molar-refractivity contribution in [2.75, 3.05) is 0 Å². The van der Waals surface area contributed by atoms with Gasteiger partial charge in [-0.05, 0) is 44.0 Å². The lowest BCUT2D eigenvalue weighted by molar-refractivity contribution is 0.0696. The average molecular weight is 244 g/mol. The number of hydrogen-bond donors (Lipinski definition) is 1. The second-order valence-corrected chi connectivity index (χ2v) is 4.46. The first-order valence-corrected chi connectivity index (χ1v) is 5.82. The highest BCUT2D eigenvalue weighted by molar-refractivity contribution is 5.87. The molecule has 0 aliphatic rings. The molecule has 18 heavy (non-hydrogen) atoms. The van der Waals surface area contributed by atoms with E-state index in [4.69, 9.17) is 5.11 Å². The Labute approximate surface area is 106 Å². The molecule has 0 saturated carbocycles. The zero-order chi connectivity index (χ0) is 13.3. The van der Waals surface area contributed by atoms with Crippen molar-refractivity contribution in [3.63, 3.8) is 0 Å². The fourth-order valence-corrected chi connectivity index (χ4v) is 1.92. The van der Waals surface area contributed by atoms with Gasteiger partial charge in [0, 0.05) is 5.69 Å². The third-order valence-electron chi connectivity index (χ3n) is 3.25. The minimum atomic E-state index is -0.901. The predicted octanol–water partition coefficient (Wildman–Crippen LogP) is 2.55. The molecular weight excluding hydrogens is 228 g/mol. The maximum atomic E-state index is 10.9. The molecular formula is C14H16N2O2. The molecule has 1 aromatic carbocycles. The molecule has 2 rings (SSSR count). The molecule has 0 saturated heterocycles. The van der Waals surface area contributed by atoms with E-state index < -0.39 is 5.97 Å². The van der Waals surface area contributed by atoms with Gasteiger partial charge in [0.1, 0.15) is 0 Å². The Bertz CT molecular complexity index is 600. The van der Waals surface area contributed by atoms with Gasteiger partial charge in [-0.15, -0.1) is 0 Å². The number of carboxylic acid groups (broad SMARTS) is 1. The number of aromatic carboxylic acids is 1. The van der Waals surface area contributed by atoms with Crippen LogP contribution in [0.1, 0.15) is 32.9 Å². The van der Waals surface area contributed by atoms with Crippen molar-refractivity contribution in [1.82, 2.24) is 9.78 Å². The fourth-order valence-electron chi connectivity index (χ4n) is 1.92. The van der Waals surface area contributed by atoms with E-state index in [9.17, 15) is 4.79 Å². The summed E-state index contributed by atoms with van der Waals surface area (Å²) in [5.74, 6) is -0.901. The van der Waals surface area contributed by atoms with Gasteiger partial charge in [-0.3, -0.25) is 4.68 Å². The normalized spacial score (nSPS) is 10.6. The highest BCUT2D eigenvalue weighted by atomic mass is 16.4. The standard InChI is InChI=1S/C14H16N2O2/c1-9-10(2)15-16(11(9)3)8-12-5-4-6-13(7-12)14(17)18/h4-7H,8H2,1-3H3,(H,17,18). The summed E-state index contributed by atoms with van der Waals surface area (Å²) < 4.78 is 1.91. The quantitative estimate of drug-likeness (QED) is 0.902. The molecule has 0 radical (unpaired) electrons. The van der Waals surface area contributed by atoms with Crippen LogP contribution in [0.25, 0.3) is 0 Å². The van der Waals surface area contributed by atoms with E-state index in [0.29, 0.717) is 12.1 Å². The van der Waals surface area contributed by atoms with Gasteiger partial charge in [-0.1, -0.05) is 12.1 Å². The second-order valence-electron chi connectivity index (χ2n) is 4.46. The summed E-state index contributed by atoms with van der Waals surface area (Å²) in [6.45, 7) is 6.65. The van der Waals surface area contributed by atoms with Crippen molar-refractivity contribution in [3.05, 3.63) is 52.3 Å². The molecule has 0 aliphatic heterocycles. The zero-order valence-electron chi connectivity index (χ0n) is 10.8. The van der Waals surface area contributed by atoms with Crippen LogP contribution in [-0.4, -0.2) is 20.9 Å². The number of carbonyl (C=O) groups is 1. The smallest absolute Gasteiger partial charge is 0.335 e. The van der Waals surface area contributed by atoms with E-state index in [1.807, 2.05) is 31.5 Å². The van der Waals surface area contributed by atoms with Gasteiger partial charge in [-0.25, -0.2) is 4.79 Å². The Kier molecular flexibility index (Phi) is 3.19. The first-order valence-electron chi connectivity index (χ1n) is 5.82. The predicted molar refractivity (Wildman–Crippen MR) is 68.9 cm³/mol. The maximum absolute atomic E-state index is 10.9. The molecule has 0 spiro atoms. The van der Waals surface area contributed by atoms with Crippen LogP contribution < -0.4 is 0 Å². The van der Waals surface area contributed by atoms with Gasteiger partial charge in [0.05, 0.1) is 17.8 Å². The highest BCUT2D eigenvalue weighted by Gasteiger charge is 2.08. The molecule has 0 unspecified atom stereocenters. The number of benzene rings is 1. The molecule has 0 bridgehead atoms. The summed E-state index contributed by atoms with van der Waals surface area (Å²) in [7, 11) is 0. The SMILES string of the molecule is Cc1nn(Cc2cccc(C(=O)O)c2)c(C)c1C. The van der Waals surface area contributed by atoms with Crippen LogP contribution in [0.3, 0.4) is 0 Å². The molecule has 1 N–H and O–H groups in total. The Hall–Kier alpha value is -2.10. The minimum absolute atomic E-state index is 0.311. The number of aromatic nitrogens is 2. The third-order valence-corrected chi connectivity index (χ3v) is 3.25. The lowest BCUT2D eigenvalue weighted by atomic mass is 10.1. The van der Waals surface area contributed by atoms with Gasteiger partial charge < -0.3 is 5.11 Å². The van der Waals surface area contributed by atoms with Crippen molar-refractivity contribution < 1.29 is 9.90 Å². The van der Waals surface area contributed by atoms with E-state index in [1.165, 1.54) is 5.56 Å². The summed E-state index contributed by atoms with van der Waals surface area (Å²) in [5.41, 5.74) is 4.57. The molecule has 0 amide bonds. The Morgan fingerprint density at radius 2 is 2.06 bits per heavy atom. The van der Waals surface area contributed by atoms with Crippen molar-refractivity contribution in [2.45, 2.75) is 27.3 Å². The molecule has 0 atom stereocenters. The van der Waals surface area contributed by atoms with Crippen molar-refractivity contribution in [3.8, 4) is 0 Å². The maximum Gasteiger partial charge on any atom is 0.335 e. The van der Waals surface area contributed by atoms with Gasteiger partial charge in [-0.2, -0.15) is 5.10 Å². The van der Waals surface area contributed by atoms with Crippen LogP contribution in [0.5, 0.6) is 0 Å². The first kappa shape index (κ1) is 12.4. The zero-order valence-corrected chi connectivity index (χ0v) is 10.8. The summed E-state index contributed by atoms with van der Waals surface area (Å²) in [6.07, 6.45) is 0. The van der Waals surface area contributed by atoms with Gasteiger partial charge >= 0.3 is 5.97 Å². The van der Waals surface area contributed by atoms with Crippen LogP contribution in [0, 0.1) is 20.8 Å². The van der Waals surface area contributed by atoms with Gasteiger partial charge in [0.15, 0.2) is 0 Å². The summed E-state index contributed by atoms with van der Waals surface area (Å²) in [4.78, 5) is 10.9. The lowest BCUT2D eigenvalue weighted by Gasteiger charge is -2.06. The monoisotopic (exact) mass is 244 g/mol. The van der Waals surface area contributed by atoms with E-state index in [1.54, 1.807) is 18.2 Å². The van der Waals surface area contributed by atoms with E-state index in [-0.39, 0.29) is 0 Å². The summed E-state index contributed by atoms with van der Waals surface area (Å²) in [5, 5.41) is 13.4. The number of hydrogen-bond acceptors (Lipinski definition) is 2. The van der Waals surface area contributed by atoms with Crippen LogP contribution in [0.4, 0.5) is 0 Å². The molecule has 0 aliphatic carbocycles. The number of aryl methyl sites for hydroxylation is 1. The van der Waals surface area contributed by atoms with Crippen LogP contribution in [0.15, 0.2) is 24.3 Å². The highest BCUT2D eigenvalue weighted by Crippen LogP contribution is 2.14. The topological polar surface area (TPSA) is 55.1 Å². The Morgan fingerprint density at radius 1 is 1.33 bits per heavy atom. The fraction of sp³-hybridized carbons (Fsp3) is 0.286. The number of nitrogens with zero attached hydrogens (tertiary/aromatic N) is 2. The first-order chi connectivity index (χ1) is 8.49.